The minimum absolute atomic E-state index is 0.153. The SMILES string of the molecule is CCn1c(COc2cc(C)cc(C)c2)nnc1SCC(=O)Nc1nnc(C)s1. The second-order valence-electron chi connectivity index (χ2n) is 6.22. The van der Waals surface area contributed by atoms with Crippen molar-refractivity contribution in [1.82, 2.24) is 25.0 Å². The predicted molar refractivity (Wildman–Crippen MR) is 110 cm³/mol. The van der Waals surface area contributed by atoms with Gasteiger partial charge in [0.15, 0.2) is 11.0 Å². The fraction of sp³-hybridized carbons (Fsp3) is 0.389. The molecule has 3 rings (SSSR count). The van der Waals surface area contributed by atoms with Gasteiger partial charge in [0.05, 0.1) is 5.75 Å². The summed E-state index contributed by atoms with van der Waals surface area (Å²) >= 11 is 2.67. The van der Waals surface area contributed by atoms with Gasteiger partial charge in [0.1, 0.15) is 17.4 Å². The number of amides is 1. The zero-order valence-electron chi connectivity index (χ0n) is 16.2. The van der Waals surface area contributed by atoms with Gasteiger partial charge in [-0.1, -0.05) is 29.2 Å². The molecule has 0 atom stereocenters. The maximum atomic E-state index is 12.1. The summed E-state index contributed by atoms with van der Waals surface area (Å²) in [6, 6.07) is 6.09. The molecule has 2 aromatic heterocycles. The van der Waals surface area contributed by atoms with E-state index in [0.717, 1.165) is 27.7 Å². The third-order valence-electron chi connectivity index (χ3n) is 3.78. The summed E-state index contributed by atoms with van der Waals surface area (Å²) in [5.41, 5.74) is 2.31. The van der Waals surface area contributed by atoms with Crippen molar-refractivity contribution in [3.8, 4) is 5.75 Å². The summed E-state index contributed by atoms with van der Waals surface area (Å²) < 4.78 is 7.84. The second kappa shape index (κ2) is 9.16. The first-order valence-corrected chi connectivity index (χ1v) is 10.6. The first-order valence-electron chi connectivity index (χ1n) is 8.80. The monoisotopic (exact) mass is 418 g/mol. The number of anilines is 1. The first kappa shape index (κ1) is 20.3. The van der Waals surface area contributed by atoms with E-state index < -0.39 is 0 Å². The third kappa shape index (κ3) is 5.29. The van der Waals surface area contributed by atoms with Crippen LogP contribution in [0.15, 0.2) is 23.4 Å². The van der Waals surface area contributed by atoms with Gasteiger partial charge >= 0.3 is 0 Å². The minimum Gasteiger partial charge on any atom is -0.486 e. The molecule has 1 N–H and O–H groups in total. The number of thioether (sulfide) groups is 1. The molecule has 0 spiro atoms. The van der Waals surface area contributed by atoms with E-state index in [4.69, 9.17) is 4.74 Å². The van der Waals surface area contributed by atoms with Crippen molar-refractivity contribution >= 4 is 34.1 Å². The van der Waals surface area contributed by atoms with E-state index >= 15 is 0 Å². The standard InChI is InChI=1S/C18H22N6O2S2/c1-5-24-15(9-26-14-7-11(2)6-12(3)8-14)21-23-18(24)27-10-16(25)19-17-22-20-13(4)28-17/h6-8H,5,9-10H2,1-4H3,(H,19,22,25). The topological polar surface area (TPSA) is 94.8 Å². The second-order valence-corrected chi connectivity index (χ2v) is 8.34. The molecule has 0 bridgehead atoms. The quantitative estimate of drug-likeness (QED) is 0.560. The molecule has 148 valence electrons. The fourth-order valence-corrected chi connectivity index (χ4v) is 4.08. The van der Waals surface area contributed by atoms with E-state index in [2.05, 4.69) is 31.8 Å². The Labute approximate surface area is 171 Å². The lowest BCUT2D eigenvalue weighted by Gasteiger charge is -2.10. The summed E-state index contributed by atoms with van der Waals surface area (Å²) in [6.07, 6.45) is 0. The lowest BCUT2D eigenvalue weighted by atomic mass is 10.1. The van der Waals surface area contributed by atoms with Crippen molar-refractivity contribution in [2.45, 2.75) is 46.0 Å². The van der Waals surface area contributed by atoms with Crippen molar-refractivity contribution in [3.63, 3.8) is 0 Å². The molecular formula is C18H22N6O2S2. The maximum absolute atomic E-state index is 12.1. The molecule has 28 heavy (non-hydrogen) atoms. The van der Waals surface area contributed by atoms with Gasteiger partial charge in [0.2, 0.25) is 11.0 Å². The van der Waals surface area contributed by atoms with Crippen LogP contribution in [0.5, 0.6) is 5.75 Å². The van der Waals surface area contributed by atoms with Crippen LogP contribution >= 0.6 is 23.1 Å². The summed E-state index contributed by atoms with van der Waals surface area (Å²) in [6.45, 7) is 8.94. The van der Waals surface area contributed by atoms with E-state index in [1.807, 2.05) is 44.4 Å². The van der Waals surface area contributed by atoms with Gasteiger partial charge < -0.3 is 9.30 Å². The highest BCUT2D eigenvalue weighted by Gasteiger charge is 2.14. The average molecular weight is 419 g/mol. The van der Waals surface area contributed by atoms with Gasteiger partial charge in [-0.15, -0.1) is 20.4 Å². The Hall–Kier alpha value is -2.46. The number of ether oxygens (including phenoxy) is 1. The zero-order chi connectivity index (χ0) is 20.1. The van der Waals surface area contributed by atoms with E-state index in [1.54, 1.807) is 0 Å². The van der Waals surface area contributed by atoms with Gasteiger partial charge in [-0.05, 0) is 51.0 Å². The Morgan fingerprint density at radius 3 is 2.54 bits per heavy atom. The van der Waals surface area contributed by atoms with Gasteiger partial charge in [-0.3, -0.25) is 10.1 Å². The largest absolute Gasteiger partial charge is 0.486 e. The van der Waals surface area contributed by atoms with Crippen LogP contribution in [0.3, 0.4) is 0 Å². The normalized spacial score (nSPS) is 10.9. The van der Waals surface area contributed by atoms with Crippen molar-refractivity contribution in [3.05, 3.63) is 40.2 Å². The van der Waals surface area contributed by atoms with E-state index in [0.29, 0.717) is 23.4 Å². The molecule has 0 aliphatic carbocycles. The number of carbonyl (C=O) groups is 1. The lowest BCUT2D eigenvalue weighted by Crippen LogP contribution is -2.14. The Morgan fingerprint density at radius 1 is 1.14 bits per heavy atom. The predicted octanol–water partition coefficient (Wildman–Crippen LogP) is 3.38. The van der Waals surface area contributed by atoms with E-state index in [9.17, 15) is 4.79 Å². The number of rotatable bonds is 8. The number of carbonyl (C=O) groups excluding carboxylic acids is 1. The van der Waals surface area contributed by atoms with E-state index in [-0.39, 0.29) is 11.7 Å². The highest BCUT2D eigenvalue weighted by molar-refractivity contribution is 7.99. The highest BCUT2D eigenvalue weighted by atomic mass is 32.2. The number of aryl methyl sites for hydroxylation is 3. The van der Waals surface area contributed by atoms with Crippen molar-refractivity contribution in [2.75, 3.05) is 11.1 Å². The summed E-state index contributed by atoms with van der Waals surface area (Å²) in [7, 11) is 0. The van der Waals surface area contributed by atoms with Gasteiger partial charge in [0.25, 0.3) is 0 Å². The number of hydrogen-bond acceptors (Lipinski definition) is 8. The molecule has 10 heteroatoms. The maximum Gasteiger partial charge on any atom is 0.236 e. The highest BCUT2D eigenvalue weighted by Crippen LogP contribution is 2.21. The van der Waals surface area contributed by atoms with Crippen molar-refractivity contribution < 1.29 is 9.53 Å². The van der Waals surface area contributed by atoms with Crippen LogP contribution in [0.2, 0.25) is 0 Å². The van der Waals surface area contributed by atoms with Crippen LogP contribution in [0.1, 0.15) is 28.9 Å². The Kier molecular flexibility index (Phi) is 6.63. The lowest BCUT2D eigenvalue weighted by molar-refractivity contribution is -0.113. The van der Waals surface area contributed by atoms with Gasteiger partial charge in [0, 0.05) is 6.54 Å². The summed E-state index contributed by atoms with van der Waals surface area (Å²) in [4.78, 5) is 12.1. The summed E-state index contributed by atoms with van der Waals surface area (Å²) in [5.74, 6) is 1.60. The molecule has 2 heterocycles. The van der Waals surface area contributed by atoms with Crippen LogP contribution in [-0.2, 0) is 17.9 Å². The number of nitrogens with one attached hydrogen (secondary N) is 1. The van der Waals surface area contributed by atoms with Gasteiger partial charge in [-0.2, -0.15) is 0 Å². The smallest absolute Gasteiger partial charge is 0.236 e. The number of aromatic nitrogens is 5. The van der Waals surface area contributed by atoms with Crippen LogP contribution in [0.25, 0.3) is 0 Å². The molecule has 0 aliphatic heterocycles. The number of hydrogen-bond donors (Lipinski definition) is 1. The van der Waals surface area contributed by atoms with E-state index in [1.165, 1.54) is 23.1 Å². The van der Waals surface area contributed by atoms with Crippen molar-refractivity contribution in [2.24, 2.45) is 0 Å². The number of nitrogens with zero attached hydrogens (tertiary/aromatic N) is 5. The molecule has 0 fully saturated rings. The molecule has 0 aliphatic rings. The van der Waals surface area contributed by atoms with Crippen molar-refractivity contribution in [1.29, 1.82) is 0 Å². The van der Waals surface area contributed by atoms with Crippen LogP contribution in [0, 0.1) is 20.8 Å². The molecule has 0 saturated heterocycles. The minimum atomic E-state index is -0.153. The Balaban J connectivity index is 1.59. The Bertz CT molecular complexity index is 949. The molecule has 1 amide bonds. The molecule has 0 unspecified atom stereocenters. The summed E-state index contributed by atoms with van der Waals surface area (Å²) in [5, 5.41) is 20.9. The van der Waals surface area contributed by atoms with Gasteiger partial charge in [-0.25, -0.2) is 0 Å². The third-order valence-corrected chi connectivity index (χ3v) is 5.50. The van der Waals surface area contributed by atoms with Crippen LogP contribution < -0.4 is 10.1 Å². The molecule has 8 nitrogen and oxygen atoms in total. The van der Waals surface area contributed by atoms with Crippen LogP contribution in [0.4, 0.5) is 5.13 Å². The molecule has 3 aromatic rings. The van der Waals surface area contributed by atoms with Crippen LogP contribution in [-0.4, -0.2) is 36.6 Å². The zero-order valence-corrected chi connectivity index (χ0v) is 17.9. The molecule has 1 aromatic carbocycles. The molecule has 0 radical (unpaired) electrons. The molecular weight excluding hydrogens is 396 g/mol. The fourth-order valence-electron chi connectivity index (χ4n) is 2.65. The Morgan fingerprint density at radius 2 is 1.89 bits per heavy atom. The molecule has 0 saturated carbocycles. The number of benzene rings is 1. The average Bonchev–Trinajstić information content (AvgIpc) is 3.22. The first-order chi connectivity index (χ1) is 13.4.